The van der Waals surface area contributed by atoms with Gasteiger partial charge in [0.1, 0.15) is 17.5 Å². The van der Waals surface area contributed by atoms with E-state index in [0.29, 0.717) is 18.8 Å². The van der Waals surface area contributed by atoms with Gasteiger partial charge in [-0.05, 0) is 41.8 Å². The summed E-state index contributed by atoms with van der Waals surface area (Å²) in [5, 5.41) is 6.01. The van der Waals surface area contributed by atoms with E-state index in [0.717, 1.165) is 23.4 Å². The summed E-state index contributed by atoms with van der Waals surface area (Å²) in [6.45, 7) is 1.11. The second-order valence-corrected chi connectivity index (χ2v) is 7.31. The number of carbonyl (C=O) groups is 2. The molecule has 1 atom stereocenters. The molecule has 4 rings (SSSR count). The van der Waals surface area contributed by atoms with E-state index in [4.69, 9.17) is 10.5 Å². The summed E-state index contributed by atoms with van der Waals surface area (Å²) in [5.74, 6) is 0.175. The van der Waals surface area contributed by atoms with Crippen molar-refractivity contribution in [3.63, 3.8) is 0 Å². The van der Waals surface area contributed by atoms with Crippen LogP contribution in [0.3, 0.4) is 0 Å². The Morgan fingerprint density at radius 2 is 1.83 bits per heavy atom. The Balaban J connectivity index is 1.48. The highest BCUT2D eigenvalue weighted by atomic mass is 16.5. The zero-order valence-electron chi connectivity index (χ0n) is 16.8. The number of methoxy groups -OCH3 is 1. The summed E-state index contributed by atoms with van der Waals surface area (Å²) in [5.41, 5.74) is 9.01. The molecule has 2 aliphatic rings. The summed E-state index contributed by atoms with van der Waals surface area (Å²) in [6, 6.07) is 16.6. The molecule has 0 spiro atoms. The van der Waals surface area contributed by atoms with Crippen molar-refractivity contribution in [2.45, 2.75) is 18.9 Å². The number of para-hydroxylation sites is 1. The molecular weight excluding hydrogens is 380 g/mol. The maximum Gasteiger partial charge on any atom is 0.270 e. The zero-order chi connectivity index (χ0) is 21.1. The molecule has 154 valence electrons. The minimum atomic E-state index is -0.651. The van der Waals surface area contributed by atoms with E-state index < -0.39 is 11.9 Å². The van der Waals surface area contributed by atoms with Crippen LogP contribution in [0.5, 0.6) is 5.75 Å². The summed E-state index contributed by atoms with van der Waals surface area (Å²) in [6.07, 6.45) is 3.04. The number of rotatable bonds is 5. The Bertz CT molecular complexity index is 999. The molecule has 0 saturated carbocycles. The predicted octanol–water partition coefficient (Wildman–Crippen LogP) is 2.43. The third kappa shape index (κ3) is 3.91. The largest absolute Gasteiger partial charge is 0.497 e. The van der Waals surface area contributed by atoms with Gasteiger partial charge in [0, 0.05) is 19.5 Å². The predicted molar refractivity (Wildman–Crippen MR) is 116 cm³/mol. The van der Waals surface area contributed by atoms with Gasteiger partial charge in [-0.1, -0.05) is 36.4 Å². The fourth-order valence-corrected chi connectivity index (χ4v) is 3.78. The molecule has 0 fully saturated rings. The molecule has 2 N–H and O–H groups in total. The zero-order valence-corrected chi connectivity index (χ0v) is 16.8. The van der Waals surface area contributed by atoms with Gasteiger partial charge < -0.3 is 15.4 Å². The molecule has 0 unspecified atom stereocenters. The molecule has 2 amide bonds. The monoisotopic (exact) mass is 404 g/mol. The topological polar surface area (TPSA) is 88.2 Å². The van der Waals surface area contributed by atoms with Gasteiger partial charge in [0.2, 0.25) is 5.91 Å². The Hall–Kier alpha value is -3.61. The van der Waals surface area contributed by atoms with E-state index in [2.05, 4.69) is 11.2 Å². The first kappa shape index (κ1) is 19.7. The molecule has 0 aromatic heterocycles. The molecule has 0 aliphatic carbocycles. The maximum absolute atomic E-state index is 13.0. The minimum Gasteiger partial charge on any atom is -0.497 e. The van der Waals surface area contributed by atoms with Crippen LogP contribution in [0.1, 0.15) is 18.4 Å². The van der Waals surface area contributed by atoms with Crippen molar-refractivity contribution < 1.29 is 14.3 Å². The first-order valence-electron chi connectivity index (χ1n) is 9.90. The highest BCUT2D eigenvalue weighted by Crippen LogP contribution is 2.27. The van der Waals surface area contributed by atoms with Crippen LogP contribution in [0.4, 0.5) is 5.69 Å². The van der Waals surface area contributed by atoms with Crippen LogP contribution in [-0.4, -0.2) is 48.7 Å². The lowest BCUT2D eigenvalue weighted by Crippen LogP contribution is -2.41. The summed E-state index contributed by atoms with van der Waals surface area (Å²) < 4.78 is 5.21. The molecule has 30 heavy (non-hydrogen) atoms. The van der Waals surface area contributed by atoms with Crippen molar-refractivity contribution in [2.75, 3.05) is 25.2 Å². The van der Waals surface area contributed by atoms with Gasteiger partial charge in [-0.15, -0.1) is 0 Å². The number of hydrogen-bond acceptors (Lipinski definition) is 5. The van der Waals surface area contributed by atoms with Crippen molar-refractivity contribution in [3.8, 4) is 5.75 Å². The molecule has 2 heterocycles. The van der Waals surface area contributed by atoms with Crippen molar-refractivity contribution in [1.29, 1.82) is 0 Å². The van der Waals surface area contributed by atoms with Crippen LogP contribution in [0.25, 0.3) is 5.57 Å². The fourth-order valence-electron chi connectivity index (χ4n) is 3.78. The van der Waals surface area contributed by atoms with Crippen molar-refractivity contribution in [1.82, 2.24) is 4.90 Å². The molecule has 0 radical (unpaired) electrons. The van der Waals surface area contributed by atoms with Crippen molar-refractivity contribution in [3.05, 3.63) is 66.2 Å². The van der Waals surface area contributed by atoms with E-state index in [9.17, 15) is 9.59 Å². The third-order valence-electron chi connectivity index (χ3n) is 5.46. The molecular formula is C23H24N4O3. The molecule has 0 saturated heterocycles. The lowest BCUT2D eigenvalue weighted by molar-refractivity contribution is -0.123. The number of nitrogens with two attached hydrogens (primary N) is 1. The molecule has 7 nitrogen and oxygen atoms in total. The van der Waals surface area contributed by atoms with Gasteiger partial charge in [0.05, 0.1) is 12.8 Å². The van der Waals surface area contributed by atoms with Gasteiger partial charge in [-0.3, -0.25) is 14.6 Å². The van der Waals surface area contributed by atoms with Crippen LogP contribution < -0.4 is 15.5 Å². The quantitative estimate of drug-likeness (QED) is 0.829. The van der Waals surface area contributed by atoms with Gasteiger partial charge in [0.15, 0.2) is 0 Å². The van der Waals surface area contributed by atoms with Crippen molar-refractivity contribution in [2.24, 2.45) is 10.8 Å². The molecule has 0 bridgehead atoms. The van der Waals surface area contributed by atoms with Crippen molar-refractivity contribution >= 4 is 28.8 Å². The fraction of sp³-hybridized carbons (Fsp3) is 0.261. The average molecular weight is 404 g/mol. The highest BCUT2D eigenvalue weighted by molar-refractivity contribution is 6.40. The number of primary amides is 1. The maximum atomic E-state index is 13.0. The van der Waals surface area contributed by atoms with E-state index >= 15 is 0 Å². The van der Waals surface area contributed by atoms with E-state index in [1.807, 2.05) is 54.6 Å². The van der Waals surface area contributed by atoms with Gasteiger partial charge in [-0.25, -0.2) is 0 Å². The Labute approximate surface area is 175 Å². The summed E-state index contributed by atoms with van der Waals surface area (Å²) >= 11 is 0. The Morgan fingerprint density at radius 1 is 1.10 bits per heavy atom. The summed E-state index contributed by atoms with van der Waals surface area (Å²) in [4.78, 5) is 26.7. The second kappa shape index (κ2) is 8.41. The summed E-state index contributed by atoms with van der Waals surface area (Å²) in [7, 11) is 1.64. The number of amides is 2. The van der Waals surface area contributed by atoms with Crippen LogP contribution in [-0.2, 0) is 9.59 Å². The van der Waals surface area contributed by atoms with Gasteiger partial charge in [-0.2, -0.15) is 5.10 Å². The molecule has 2 aliphatic heterocycles. The lowest BCUT2D eigenvalue weighted by atomic mass is 9.99. The van der Waals surface area contributed by atoms with E-state index in [-0.39, 0.29) is 12.3 Å². The first-order valence-corrected chi connectivity index (χ1v) is 9.90. The first-order chi connectivity index (χ1) is 14.6. The number of nitrogens with zero attached hydrogens (tertiary/aromatic N) is 3. The number of hydrazone groups is 1. The number of benzene rings is 2. The van der Waals surface area contributed by atoms with Gasteiger partial charge >= 0.3 is 0 Å². The number of ether oxygens (including phenoxy) is 1. The third-order valence-corrected chi connectivity index (χ3v) is 5.46. The number of hydrogen-bond donors (Lipinski definition) is 1. The molecule has 7 heteroatoms. The highest BCUT2D eigenvalue weighted by Gasteiger charge is 2.36. The van der Waals surface area contributed by atoms with Gasteiger partial charge in [0.25, 0.3) is 5.91 Å². The molecule has 2 aromatic rings. The normalized spacial score (nSPS) is 18.6. The smallest absolute Gasteiger partial charge is 0.270 e. The number of carbonyl (C=O) groups excluding carboxylic acids is 2. The minimum absolute atomic E-state index is 0.148. The number of anilines is 1. The van der Waals surface area contributed by atoms with E-state index in [1.54, 1.807) is 17.0 Å². The molecule has 2 aromatic carbocycles. The van der Waals surface area contributed by atoms with E-state index in [1.165, 1.54) is 5.57 Å². The van der Waals surface area contributed by atoms with Crippen LogP contribution in [0, 0.1) is 0 Å². The average Bonchev–Trinajstić information content (AvgIpc) is 3.25. The SMILES string of the molecule is COc1ccc(C2=CCN(C(=O)C3=NN(c4ccccc4)[C@H](C(N)=O)C3)CC2)cc1. The van der Waals surface area contributed by atoms with Crippen LogP contribution in [0.2, 0.25) is 0 Å². The lowest BCUT2D eigenvalue weighted by Gasteiger charge is -2.26. The standard InChI is InChI=1S/C23H24N4O3/c1-30-19-9-7-16(8-10-19)17-11-13-26(14-12-17)23(29)20-15-21(22(24)28)27(25-20)18-5-3-2-4-6-18/h2-11,21H,12-15H2,1H3,(H2,24,28)/t21-/m0/s1. The van der Waals surface area contributed by atoms with Crippen LogP contribution in [0.15, 0.2) is 65.8 Å². The van der Waals surface area contributed by atoms with Crippen LogP contribution >= 0.6 is 0 Å². The second-order valence-electron chi connectivity index (χ2n) is 7.31. The Kier molecular flexibility index (Phi) is 5.52. The Morgan fingerprint density at radius 3 is 2.43 bits per heavy atom.